The zero-order valence-corrected chi connectivity index (χ0v) is 8.49. The molecule has 1 aliphatic heterocycles. The van der Waals surface area contributed by atoms with Crippen LogP contribution in [0.25, 0.3) is 6.08 Å². The zero-order valence-electron chi connectivity index (χ0n) is 8.49. The molecule has 1 amide bonds. The lowest BCUT2D eigenvalue weighted by Crippen LogP contribution is -2.23. The second-order valence-electron chi connectivity index (χ2n) is 3.69. The van der Waals surface area contributed by atoms with Gasteiger partial charge in [-0.3, -0.25) is 4.79 Å². The number of nitrogens with two attached hydrogens (primary N) is 1. The highest BCUT2D eigenvalue weighted by Crippen LogP contribution is 2.16. The van der Waals surface area contributed by atoms with Crippen LogP contribution in [-0.4, -0.2) is 12.5 Å². The van der Waals surface area contributed by atoms with E-state index in [9.17, 15) is 4.79 Å². The van der Waals surface area contributed by atoms with Crippen LogP contribution in [0, 0.1) is 0 Å². The molecule has 0 spiro atoms. The standard InChI is InChI=1S/C12H14N2O/c13-12(15)4-2-9-1-3-10-5-6-14-8-11(10)7-9/h1-4,7,14H,5-6,8H2,(H2,13,15). The summed E-state index contributed by atoms with van der Waals surface area (Å²) in [5.74, 6) is -0.411. The van der Waals surface area contributed by atoms with E-state index in [-0.39, 0.29) is 0 Å². The van der Waals surface area contributed by atoms with Gasteiger partial charge < -0.3 is 11.1 Å². The van der Waals surface area contributed by atoms with Crippen LogP contribution in [0.2, 0.25) is 0 Å². The van der Waals surface area contributed by atoms with Gasteiger partial charge in [0.1, 0.15) is 0 Å². The van der Waals surface area contributed by atoms with Crippen molar-refractivity contribution in [1.82, 2.24) is 5.32 Å². The van der Waals surface area contributed by atoms with Gasteiger partial charge in [0.15, 0.2) is 0 Å². The maximum Gasteiger partial charge on any atom is 0.241 e. The summed E-state index contributed by atoms with van der Waals surface area (Å²) in [7, 11) is 0. The molecule has 1 heterocycles. The van der Waals surface area contributed by atoms with Crippen LogP contribution in [0.3, 0.4) is 0 Å². The van der Waals surface area contributed by atoms with Crippen molar-refractivity contribution in [2.45, 2.75) is 13.0 Å². The summed E-state index contributed by atoms with van der Waals surface area (Å²) in [6.07, 6.45) is 4.21. The van der Waals surface area contributed by atoms with Crippen molar-refractivity contribution in [3.63, 3.8) is 0 Å². The third-order valence-corrected chi connectivity index (χ3v) is 2.56. The molecular formula is C12H14N2O. The lowest BCUT2D eigenvalue weighted by Gasteiger charge is -2.17. The topological polar surface area (TPSA) is 55.1 Å². The Hall–Kier alpha value is -1.61. The van der Waals surface area contributed by atoms with Gasteiger partial charge in [0.2, 0.25) is 5.91 Å². The molecule has 0 fully saturated rings. The molecule has 78 valence electrons. The number of rotatable bonds is 2. The van der Waals surface area contributed by atoms with Gasteiger partial charge in [-0.15, -0.1) is 0 Å². The van der Waals surface area contributed by atoms with Crippen molar-refractivity contribution in [1.29, 1.82) is 0 Å². The molecule has 0 aromatic heterocycles. The van der Waals surface area contributed by atoms with Crippen molar-refractivity contribution in [2.75, 3.05) is 6.54 Å². The molecule has 2 rings (SSSR count). The normalized spacial score (nSPS) is 15.2. The summed E-state index contributed by atoms with van der Waals surface area (Å²) in [6, 6.07) is 6.24. The smallest absolute Gasteiger partial charge is 0.241 e. The second kappa shape index (κ2) is 4.28. The SMILES string of the molecule is NC(=O)C=Cc1ccc2c(c1)CNCC2. The van der Waals surface area contributed by atoms with Crippen LogP contribution in [0.5, 0.6) is 0 Å². The number of primary amides is 1. The van der Waals surface area contributed by atoms with Gasteiger partial charge in [-0.2, -0.15) is 0 Å². The first-order valence-corrected chi connectivity index (χ1v) is 5.06. The Morgan fingerprint density at radius 2 is 2.27 bits per heavy atom. The molecule has 0 radical (unpaired) electrons. The predicted molar refractivity (Wildman–Crippen MR) is 60.1 cm³/mol. The van der Waals surface area contributed by atoms with E-state index >= 15 is 0 Å². The van der Waals surface area contributed by atoms with Crippen molar-refractivity contribution in [3.8, 4) is 0 Å². The first-order chi connectivity index (χ1) is 7.25. The van der Waals surface area contributed by atoms with Crippen molar-refractivity contribution in [2.24, 2.45) is 5.73 Å². The Bertz CT molecular complexity index is 410. The van der Waals surface area contributed by atoms with Crippen LogP contribution in [-0.2, 0) is 17.8 Å². The summed E-state index contributed by atoms with van der Waals surface area (Å²) >= 11 is 0. The zero-order chi connectivity index (χ0) is 10.7. The molecular weight excluding hydrogens is 188 g/mol. The Morgan fingerprint density at radius 3 is 3.07 bits per heavy atom. The average molecular weight is 202 g/mol. The van der Waals surface area contributed by atoms with Gasteiger partial charge in [-0.25, -0.2) is 0 Å². The molecule has 1 aliphatic rings. The summed E-state index contributed by atoms with van der Waals surface area (Å²) in [4.78, 5) is 10.6. The fourth-order valence-corrected chi connectivity index (χ4v) is 1.78. The number of hydrogen-bond donors (Lipinski definition) is 2. The van der Waals surface area contributed by atoms with Crippen molar-refractivity contribution < 1.29 is 4.79 Å². The van der Waals surface area contributed by atoms with E-state index in [1.54, 1.807) is 6.08 Å². The van der Waals surface area contributed by atoms with E-state index in [1.165, 1.54) is 17.2 Å². The molecule has 0 atom stereocenters. The van der Waals surface area contributed by atoms with Crippen molar-refractivity contribution >= 4 is 12.0 Å². The minimum atomic E-state index is -0.411. The van der Waals surface area contributed by atoms with Gasteiger partial charge in [0.25, 0.3) is 0 Å². The van der Waals surface area contributed by atoms with Crippen LogP contribution < -0.4 is 11.1 Å². The number of hydrogen-bond acceptors (Lipinski definition) is 2. The number of amides is 1. The molecule has 0 unspecified atom stereocenters. The van der Waals surface area contributed by atoms with E-state index in [4.69, 9.17) is 5.73 Å². The van der Waals surface area contributed by atoms with Crippen LogP contribution in [0.15, 0.2) is 24.3 Å². The fraction of sp³-hybridized carbons (Fsp3) is 0.250. The van der Waals surface area contributed by atoms with Crippen LogP contribution >= 0.6 is 0 Å². The Balaban J connectivity index is 2.24. The summed E-state index contributed by atoms with van der Waals surface area (Å²) in [5, 5.41) is 3.32. The quantitative estimate of drug-likeness (QED) is 0.698. The highest BCUT2D eigenvalue weighted by atomic mass is 16.1. The Labute approximate surface area is 89.0 Å². The molecule has 0 saturated carbocycles. The lowest BCUT2D eigenvalue weighted by molar-refractivity contribution is -0.113. The van der Waals surface area contributed by atoms with Crippen LogP contribution in [0.1, 0.15) is 16.7 Å². The fourth-order valence-electron chi connectivity index (χ4n) is 1.78. The minimum Gasteiger partial charge on any atom is -0.366 e. The molecule has 1 aromatic carbocycles. The monoisotopic (exact) mass is 202 g/mol. The first-order valence-electron chi connectivity index (χ1n) is 5.06. The molecule has 3 heteroatoms. The van der Waals surface area contributed by atoms with Gasteiger partial charge in [-0.05, 0) is 35.7 Å². The number of carbonyl (C=O) groups is 1. The van der Waals surface area contributed by atoms with E-state index in [0.29, 0.717) is 0 Å². The molecule has 0 saturated heterocycles. The third kappa shape index (κ3) is 2.44. The van der Waals surface area contributed by atoms with Gasteiger partial charge in [-0.1, -0.05) is 18.2 Å². The molecule has 15 heavy (non-hydrogen) atoms. The average Bonchev–Trinajstić information content (AvgIpc) is 2.26. The number of fused-ring (bicyclic) bond motifs is 1. The Kier molecular flexibility index (Phi) is 2.83. The van der Waals surface area contributed by atoms with Gasteiger partial charge in [0.05, 0.1) is 0 Å². The largest absolute Gasteiger partial charge is 0.366 e. The maximum atomic E-state index is 10.6. The summed E-state index contributed by atoms with van der Waals surface area (Å²) in [6.45, 7) is 1.96. The Morgan fingerprint density at radius 1 is 1.40 bits per heavy atom. The predicted octanol–water partition coefficient (Wildman–Crippen LogP) is 0.831. The lowest BCUT2D eigenvalue weighted by atomic mass is 9.98. The summed E-state index contributed by atoms with van der Waals surface area (Å²) < 4.78 is 0. The number of benzene rings is 1. The molecule has 1 aromatic rings. The van der Waals surface area contributed by atoms with Gasteiger partial charge in [0, 0.05) is 12.6 Å². The van der Waals surface area contributed by atoms with Crippen molar-refractivity contribution in [3.05, 3.63) is 41.0 Å². The van der Waals surface area contributed by atoms with Crippen LogP contribution in [0.4, 0.5) is 0 Å². The molecule has 0 aliphatic carbocycles. The molecule has 0 bridgehead atoms. The first kappa shape index (κ1) is 9.93. The van der Waals surface area contributed by atoms with E-state index in [2.05, 4.69) is 17.4 Å². The highest BCUT2D eigenvalue weighted by molar-refractivity contribution is 5.90. The highest BCUT2D eigenvalue weighted by Gasteiger charge is 2.07. The minimum absolute atomic E-state index is 0.411. The maximum absolute atomic E-state index is 10.6. The molecule has 3 nitrogen and oxygen atoms in total. The van der Waals surface area contributed by atoms with E-state index in [1.807, 2.05) is 6.07 Å². The second-order valence-corrected chi connectivity index (χ2v) is 3.69. The molecule has 3 N–H and O–H groups in total. The number of carbonyl (C=O) groups excluding carboxylic acids is 1. The summed E-state index contributed by atoms with van der Waals surface area (Å²) in [5.41, 5.74) is 8.77. The van der Waals surface area contributed by atoms with E-state index < -0.39 is 5.91 Å². The van der Waals surface area contributed by atoms with E-state index in [0.717, 1.165) is 25.1 Å². The third-order valence-electron chi connectivity index (χ3n) is 2.56. The number of nitrogens with one attached hydrogen (secondary N) is 1. The van der Waals surface area contributed by atoms with Gasteiger partial charge >= 0.3 is 0 Å².